The quantitative estimate of drug-likeness (QED) is 0.574. The van der Waals surface area contributed by atoms with Gasteiger partial charge in [-0.2, -0.15) is 4.31 Å². The second-order valence-corrected chi connectivity index (χ2v) is 11.8. The molecule has 11 heteroatoms. The number of ether oxygens (including phenoxy) is 1. The predicted octanol–water partition coefficient (Wildman–Crippen LogP) is 4.51. The number of sulfonamides is 1. The molecule has 0 radical (unpaired) electrons. The Labute approximate surface area is 187 Å². The SMILES string of the molecule is COc1ccc(C)c2sc(NC(=O)C3CCCCN3S(=O)(=O)c3ccc(Cl)s3)nc12. The van der Waals surface area contributed by atoms with E-state index in [1.807, 2.05) is 19.1 Å². The van der Waals surface area contributed by atoms with Crippen LogP contribution in [0.15, 0.2) is 28.5 Å². The Bertz CT molecular complexity index is 1210. The number of carbonyl (C=O) groups excluding carboxylic acids is 1. The first-order valence-electron chi connectivity index (χ1n) is 9.33. The van der Waals surface area contributed by atoms with Crippen LogP contribution in [-0.2, 0) is 14.8 Å². The first-order chi connectivity index (χ1) is 14.3. The molecule has 3 heterocycles. The molecule has 1 fully saturated rings. The van der Waals surface area contributed by atoms with Crippen LogP contribution < -0.4 is 10.1 Å². The molecular formula is C19H20ClN3O4S3. The summed E-state index contributed by atoms with van der Waals surface area (Å²) >= 11 is 8.27. The van der Waals surface area contributed by atoms with Crippen molar-refractivity contribution < 1.29 is 17.9 Å². The average molecular weight is 486 g/mol. The summed E-state index contributed by atoms with van der Waals surface area (Å²) in [5, 5.41) is 3.24. The fourth-order valence-corrected chi connectivity index (χ4v) is 7.75. The molecule has 30 heavy (non-hydrogen) atoms. The first kappa shape index (κ1) is 21.5. The first-order valence-corrected chi connectivity index (χ1v) is 12.8. The van der Waals surface area contributed by atoms with E-state index in [2.05, 4.69) is 10.3 Å². The third kappa shape index (κ3) is 3.94. The Morgan fingerprint density at radius 3 is 2.77 bits per heavy atom. The summed E-state index contributed by atoms with van der Waals surface area (Å²) < 4.78 is 34.3. The molecule has 1 N–H and O–H groups in total. The van der Waals surface area contributed by atoms with Gasteiger partial charge in [0.05, 0.1) is 16.1 Å². The molecule has 1 aromatic carbocycles. The second-order valence-electron chi connectivity index (χ2n) is 6.96. The number of halogens is 1. The third-order valence-electron chi connectivity index (χ3n) is 5.02. The molecule has 7 nitrogen and oxygen atoms in total. The number of thiazole rings is 1. The summed E-state index contributed by atoms with van der Waals surface area (Å²) in [6.07, 6.45) is 1.94. The van der Waals surface area contributed by atoms with Crippen LogP contribution in [0.4, 0.5) is 5.13 Å². The van der Waals surface area contributed by atoms with E-state index in [0.29, 0.717) is 40.1 Å². The fraction of sp³-hybridized carbons (Fsp3) is 0.368. The van der Waals surface area contributed by atoms with Crippen molar-refractivity contribution in [2.24, 2.45) is 0 Å². The standard InChI is InChI=1S/C19H20ClN3O4S3/c1-11-6-7-13(27-2)16-17(11)29-19(21-16)22-18(24)12-5-3-4-10-23(12)30(25,26)15-9-8-14(20)28-15/h6-9,12H,3-5,10H2,1-2H3,(H,21,22,24). The van der Waals surface area contributed by atoms with Crippen molar-refractivity contribution in [1.29, 1.82) is 0 Å². The van der Waals surface area contributed by atoms with E-state index in [4.69, 9.17) is 16.3 Å². The van der Waals surface area contributed by atoms with Crippen LogP contribution in [0.1, 0.15) is 24.8 Å². The van der Waals surface area contributed by atoms with Gasteiger partial charge in [0, 0.05) is 6.54 Å². The molecule has 1 unspecified atom stereocenters. The summed E-state index contributed by atoms with van der Waals surface area (Å²) in [7, 11) is -2.23. The molecule has 1 aliphatic heterocycles. The highest BCUT2D eigenvalue weighted by Crippen LogP contribution is 2.36. The Balaban J connectivity index is 1.62. The molecule has 160 valence electrons. The summed E-state index contributed by atoms with van der Waals surface area (Å²) in [5.74, 6) is 0.250. The minimum absolute atomic E-state index is 0.146. The normalized spacial score (nSPS) is 17.9. The molecule has 3 aromatic rings. The topological polar surface area (TPSA) is 88.6 Å². The Kier molecular flexibility index (Phi) is 6.04. The summed E-state index contributed by atoms with van der Waals surface area (Å²) in [6.45, 7) is 2.26. The van der Waals surface area contributed by atoms with Crippen molar-refractivity contribution in [3.8, 4) is 5.75 Å². The largest absolute Gasteiger partial charge is 0.494 e. The number of amides is 1. The van der Waals surface area contributed by atoms with Crippen molar-refractivity contribution in [2.45, 2.75) is 36.4 Å². The van der Waals surface area contributed by atoms with Crippen LogP contribution in [0, 0.1) is 6.92 Å². The molecule has 2 aromatic heterocycles. The lowest BCUT2D eigenvalue weighted by Crippen LogP contribution is -2.49. The molecular weight excluding hydrogens is 466 g/mol. The number of aryl methyl sites for hydroxylation is 1. The van der Waals surface area contributed by atoms with Crippen molar-refractivity contribution >= 4 is 65.6 Å². The van der Waals surface area contributed by atoms with Gasteiger partial charge in [0.15, 0.2) is 5.13 Å². The maximum Gasteiger partial charge on any atom is 0.253 e. The number of thiophene rings is 1. The number of hydrogen-bond donors (Lipinski definition) is 1. The van der Waals surface area contributed by atoms with Crippen molar-refractivity contribution in [2.75, 3.05) is 19.0 Å². The Morgan fingerprint density at radius 1 is 1.27 bits per heavy atom. The second kappa shape index (κ2) is 8.43. The number of carbonyl (C=O) groups is 1. The Hall–Kier alpha value is -1.72. The third-order valence-corrected chi connectivity index (χ3v) is 9.73. The van der Waals surface area contributed by atoms with Gasteiger partial charge < -0.3 is 10.1 Å². The van der Waals surface area contributed by atoms with E-state index in [1.165, 1.54) is 21.7 Å². The van der Waals surface area contributed by atoms with Crippen LogP contribution in [0.25, 0.3) is 10.2 Å². The summed E-state index contributed by atoms with van der Waals surface area (Å²) in [6, 6.07) is 6.01. The lowest BCUT2D eigenvalue weighted by molar-refractivity contribution is -0.120. The molecule has 0 aliphatic carbocycles. The van der Waals surface area contributed by atoms with Gasteiger partial charge in [-0.3, -0.25) is 4.79 Å². The maximum atomic E-state index is 13.1. The minimum atomic E-state index is -3.80. The number of benzene rings is 1. The Morgan fingerprint density at radius 2 is 2.07 bits per heavy atom. The zero-order valence-corrected chi connectivity index (χ0v) is 19.6. The molecule has 1 saturated heterocycles. The minimum Gasteiger partial charge on any atom is -0.494 e. The van der Waals surface area contributed by atoms with Crippen molar-refractivity contribution in [3.05, 3.63) is 34.2 Å². The molecule has 1 atom stereocenters. The van der Waals surface area contributed by atoms with Gasteiger partial charge in [-0.1, -0.05) is 35.4 Å². The van der Waals surface area contributed by atoms with Crippen LogP contribution >= 0.6 is 34.3 Å². The van der Waals surface area contributed by atoms with E-state index in [1.54, 1.807) is 13.2 Å². The van der Waals surface area contributed by atoms with Gasteiger partial charge in [0.1, 0.15) is 21.5 Å². The highest BCUT2D eigenvalue weighted by molar-refractivity contribution is 7.91. The van der Waals surface area contributed by atoms with Crippen LogP contribution in [0.5, 0.6) is 5.75 Å². The molecule has 1 amide bonds. The lowest BCUT2D eigenvalue weighted by atomic mass is 10.0. The van der Waals surface area contributed by atoms with Gasteiger partial charge >= 0.3 is 0 Å². The number of aromatic nitrogens is 1. The van der Waals surface area contributed by atoms with Gasteiger partial charge in [-0.15, -0.1) is 11.3 Å². The molecule has 0 bridgehead atoms. The number of nitrogens with zero attached hydrogens (tertiary/aromatic N) is 2. The van der Waals surface area contributed by atoms with Crippen LogP contribution in [-0.4, -0.2) is 43.3 Å². The van der Waals surface area contributed by atoms with Gasteiger partial charge in [0.2, 0.25) is 5.91 Å². The molecule has 1 aliphatic rings. The predicted molar refractivity (Wildman–Crippen MR) is 120 cm³/mol. The van der Waals surface area contributed by atoms with E-state index < -0.39 is 16.1 Å². The zero-order chi connectivity index (χ0) is 21.5. The smallest absolute Gasteiger partial charge is 0.253 e. The maximum absolute atomic E-state index is 13.1. The molecule has 4 rings (SSSR count). The number of anilines is 1. The summed E-state index contributed by atoms with van der Waals surface area (Å²) in [5.41, 5.74) is 1.71. The molecule has 0 spiro atoms. The average Bonchev–Trinajstić information content (AvgIpc) is 3.35. The number of nitrogens with one attached hydrogen (secondary N) is 1. The van der Waals surface area contributed by atoms with E-state index >= 15 is 0 Å². The zero-order valence-electron chi connectivity index (χ0n) is 16.3. The lowest BCUT2D eigenvalue weighted by Gasteiger charge is -2.32. The van der Waals surface area contributed by atoms with Gasteiger partial charge in [0.25, 0.3) is 10.0 Å². The van der Waals surface area contributed by atoms with Crippen molar-refractivity contribution in [3.63, 3.8) is 0 Å². The van der Waals surface area contributed by atoms with Crippen molar-refractivity contribution in [1.82, 2.24) is 9.29 Å². The highest BCUT2D eigenvalue weighted by atomic mass is 35.5. The number of hydrogen-bond acceptors (Lipinski definition) is 7. The fourth-order valence-electron chi connectivity index (χ4n) is 3.52. The van der Waals surface area contributed by atoms with E-state index in [9.17, 15) is 13.2 Å². The summed E-state index contributed by atoms with van der Waals surface area (Å²) in [4.78, 5) is 17.6. The van der Waals surface area contributed by atoms with Gasteiger partial charge in [-0.05, 0) is 43.5 Å². The molecule has 0 saturated carbocycles. The number of methoxy groups -OCH3 is 1. The monoisotopic (exact) mass is 485 g/mol. The number of rotatable bonds is 5. The van der Waals surface area contributed by atoms with E-state index in [0.717, 1.165) is 28.0 Å². The van der Waals surface area contributed by atoms with Crippen LogP contribution in [0.3, 0.4) is 0 Å². The number of fused-ring (bicyclic) bond motifs is 1. The highest BCUT2D eigenvalue weighted by Gasteiger charge is 2.38. The van der Waals surface area contributed by atoms with E-state index in [-0.39, 0.29) is 10.1 Å². The number of piperidine rings is 1. The van der Waals surface area contributed by atoms with Gasteiger partial charge in [-0.25, -0.2) is 13.4 Å². The van der Waals surface area contributed by atoms with Crippen LogP contribution in [0.2, 0.25) is 4.34 Å².